The highest BCUT2D eigenvalue weighted by molar-refractivity contribution is 6.10. The summed E-state index contributed by atoms with van der Waals surface area (Å²) in [7, 11) is 0. The average Bonchev–Trinajstić information content (AvgIpc) is 3.03. The zero-order valence-electron chi connectivity index (χ0n) is 12.4. The summed E-state index contributed by atoms with van der Waals surface area (Å²) in [4.78, 5) is 24.2. The molecule has 1 amide bonds. The number of ketones is 1. The number of amides is 1. The Morgan fingerprint density at radius 1 is 1.18 bits per heavy atom. The molecule has 114 valence electrons. The predicted molar refractivity (Wildman–Crippen MR) is 76.5 cm³/mol. The molecule has 0 radical (unpaired) electrons. The molecule has 2 aromatic rings. The quantitative estimate of drug-likeness (QED) is 0.876. The second kappa shape index (κ2) is 5.18. The molecular formula is C15H14N2O5. The second-order valence-electron chi connectivity index (χ2n) is 4.96. The first-order valence-electron chi connectivity index (χ1n) is 6.66. The fourth-order valence-corrected chi connectivity index (χ4v) is 2.33. The van der Waals surface area contributed by atoms with Crippen molar-refractivity contribution >= 4 is 17.4 Å². The maximum atomic E-state index is 12.4. The fraction of sp³-hybridized carbons (Fsp3) is 0.267. The number of fused-ring (bicyclic) bond motifs is 1. The van der Waals surface area contributed by atoms with Gasteiger partial charge in [-0.25, -0.2) is 0 Å². The van der Waals surface area contributed by atoms with Crippen LogP contribution >= 0.6 is 0 Å². The number of anilines is 1. The summed E-state index contributed by atoms with van der Waals surface area (Å²) in [5, 5.41) is 6.46. The Balaban J connectivity index is 1.98. The fourth-order valence-electron chi connectivity index (χ4n) is 2.33. The maximum Gasteiger partial charge on any atom is 0.261 e. The van der Waals surface area contributed by atoms with Gasteiger partial charge in [-0.05, 0) is 26.8 Å². The SMILES string of the molecule is CC(=O)c1cc2c(cc1NC(=O)c1c(C)noc1C)OCO2. The second-order valence-corrected chi connectivity index (χ2v) is 4.96. The standard InChI is InChI=1S/C15H14N2O5/c1-7-14(9(3)22-17-7)15(19)16-11-5-13-12(20-6-21-13)4-10(11)8(2)18/h4-5H,6H2,1-3H3,(H,16,19). The molecule has 1 aromatic heterocycles. The Hall–Kier alpha value is -2.83. The molecule has 0 fully saturated rings. The van der Waals surface area contributed by atoms with Gasteiger partial charge in [0, 0.05) is 11.6 Å². The normalized spacial score (nSPS) is 12.3. The van der Waals surface area contributed by atoms with Crippen LogP contribution in [0.2, 0.25) is 0 Å². The Bertz CT molecular complexity index is 759. The molecular weight excluding hydrogens is 288 g/mol. The van der Waals surface area contributed by atoms with E-state index in [1.54, 1.807) is 26.0 Å². The summed E-state index contributed by atoms with van der Waals surface area (Å²) in [5.74, 6) is 0.810. The van der Waals surface area contributed by atoms with Crippen molar-refractivity contribution in [3.63, 3.8) is 0 Å². The molecule has 1 aliphatic rings. The highest BCUT2D eigenvalue weighted by atomic mass is 16.7. The van der Waals surface area contributed by atoms with Crippen molar-refractivity contribution in [3.8, 4) is 11.5 Å². The van der Waals surface area contributed by atoms with E-state index in [1.165, 1.54) is 6.92 Å². The van der Waals surface area contributed by atoms with E-state index in [0.29, 0.717) is 39.8 Å². The van der Waals surface area contributed by atoms with Crippen LogP contribution in [0, 0.1) is 13.8 Å². The first-order valence-corrected chi connectivity index (χ1v) is 6.66. The van der Waals surface area contributed by atoms with Crippen molar-refractivity contribution in [2.75, 3.05) is 12.1 Å². The van der Waals surface area contributed by atoms with E-state index < -0.39 is 5.91 Å². The lowest BCUT2D eigenvalue weighted by Gasteiger charge is -2.10. The van der Waals surface area contributed by atoms with Crippen LogP contribution in [-0.4, -0.2) is 23.6 Å². The van der Waals surface area contributed by atoms with Crippen molar-refractivity contribution in [2.45, 2.75) is 20.8 Å². The topological polar surface area (TPSA) is 90.7 Å². The summed E-state index contributed by atoms with van der Waals surface area (Å²) in [6.07, 6.45) is 0. The van der Waals surface area contributed by atoms with Crippen LogP contribution in [0.15, 0.2) is 16.7 Å². The number of benzene rings is 1. The van der Waals surface area contributed by atoms with Gasteiger partial charge in [0.05, 0.1) is 11.4 Å². The number of nitrogens with zero attached hydrogens (tertiary/aromatic N) is 1. The largest absolute Gasteiger partial charge is 0.454 e. The van der Waals surface area contributed by atoms with Crippen LogP contribution in [-0.2, 0) is 0 Å². The van der Waals surface area contributed by atoms with Crippen molar-refractivity contribution in [2.24, 2.45) is 0 Å². The van der Waals surface area contributed by atoms with Crippen molar-refractivity contribution in [3.05, 3.63) is 34.7 Å². The summed E-state index contributed by atoms with van der Waals surface area (Å²) in [6, 6.07) is 3.14. The molecule has 1 aromatic carbocycles. The van der Waals surface area contributed by atoms with E-state index >= 15 is 0 Å². The smallest absolute Gasteiger partial charge is 0.261 e. The number of rotatable bonds is 3. The Morgan fingerprint density at radius 2 is 1.86 bits per heavy atom. The van der Waals surface area contributed by atoms with Gasteiger partial charge in [-0.15, -0.1) is 0 Å². The van der Waals surface area contributed by atoms with Crippen molar-refractivity contribution in [1.29, 1.82) is 0 Å². The number of nitrogens with one attached hydrogen (secondary N) is 1. The van der Waals surface area contributed by atoms with E-state index in [2.05, 4.69) is 10.5 Å². The molecule has 0 spiro atoms. The summed E-state index contributed by atoms with van der Waals surface area (Å²) >= 11 is 0. The third kappa shape index (κ3) is 2.30. The van der Waals surface area contributed by atoms with Gasteiger partial charge in [-0.2, -0.15) is 0 Å². The Labute approximate surface area is 126 Å². The monoisotopic (exact) mass is 302 g/mol. The Kier molecular flexibility index (Phi) is 3.32. The summed E-state index contributed by atoms with van der Waals surface area (Å²) < 4.78 is 15.5. The van der Waals surface area contributed by atoms with Crippen LogP contribution < -0.4 is 14.8 Å². The van der Waals surface area contributed by atoms with Crippen LogP contribution in [0.1, 0.15) is 39.1 Å². The van der Waals surface area contributed by atoms with Crippen molar-refractivity contribution in [1.82, 2.24) is 5.16 Å². The molecule has 0 bridgehead atoms. The molecule has 0 unspecified atom stereocenters. The Morgan fingerprint density at radius 3 is 2.45 bits per heavy atom. The van der Waals surface area contributed by atoms with Gasteiger partial charge in [0.25, 0.3) is 5.91 Å². The molecule has 0 saturated carbocycles. The zero-order chi connectivity index (χ0) is 15.9. The average molecular weight is 302 g/mol. The molecule has 3 rings (SSSR count). The van der Waals surface area contributed by atoms with E-state index in [-0.39, 0.29) is 12.6 Å². The molecule has 2 heterocycles. The number of aryl methyl sites for hydroxylation is 2. The molecule has 0 atom stereocenters. The highest BCUT2D eigenvalue weighted by Gasteiger charge is 2.23. The van der Waals surface area contributed by atoms with Crippen LogP contribution in [0.25, 0.3) is 0 Å². The summed E-state index contributed by atoms with van der Waals surface area (Å²) in [6.45, 7) is 4.84. The van der Waals surface area contributed by atoms with Gasteiger partial charge in [-0.3, -0.25) is 9.59 Å². The van der Waals surface area contributed by atoms with E-state index in [4.69, 9.17) is 14.0 Å². The number of hydrogen-bond donors (Lipinski definition) is 1. The van der Waals surface area contributed by atoms with Gasteiger partial charge in [-0.1, -0.05) is 5.16 Å². The van der Waals surface area contributed by atoms with E-state index in [0.717, 1.165) is 0 Å². The van der Waals surface area contributed by atoms with Crippen LogP contribution in [0.5, 0.6) is 11.5 Å². The molecule has 22 heavy (non-hydrogen) atoms. The predicted octanol–water partition coefficient (Wildman–Crippen LogP) is 2.48. The van der Waals surface area contributed by atoms with Crippen LogP contribution in [0.4, 0.5) is 5.69 Å². The zero-order valence-corrected chi connectivity index (χ0v) is 12.4. The van der Waals surface area contributed by atoms with E-state index in [9.17, 15) is 9.59 Å². The highest BCUT2D eigenvalue weighted by Crippen LogP contribution is 2.37. The minimum Gasteiger partial charge on any atom is -0.454 e. The van der Waals surface area contributed by atoms with E-state index in [1.807, 2.05) is 0 Å². The third-order valence-electron chi connectivity index (χ3n) is 3.40. The number of ether oxygens (including phenoxy) is 2. The number of aromatic nitrogens is 1. The molecule has 7 heteroatoms. The number of hydrogen-bond acceptors (Lipinski definition) is 6. The minimum absolute atomic E-state index is 0.0912. The molecule has 1 aliphatic heterocycles. The lowest BCUT2D eigenvalue weighted by Crippen LogP contribution is -2.15. The van der Waals surface area contributed by atoms with Gasteiger partial charge < -0.3 is 19.3 Å². The van der Waals surface area contributed by atoms with Crippen LogP contribution in [0.3, 0.4) is 0 Å². The molecule has 0 saturated heterocycles. The maximum absolute atomic E-state index is 12.4. The number of carbonyl (C=O) groups excluding carboxylic acids is 2. The minimum atomic E-state index is -0.391. The molecule has 0 aliphatic carbocycles. The number of Topliss-reactive ketones (excluding diaryl/α,β-unsaturated/α-hetero) is 1. The lowest BCUT2D eigenvalue weighted by molar-refractivity contribution is 0.101. The molecule has 7 nitrogen and oxygen atoms in total. The summed E-state index contributed by atoms with van der Waals surface area (Å²) in [5.41, 5.74) is 1.55. The van der Waals surface area contributed by atoms with Gasteiger partial charge in [0.15, 0.2) is 17.3 Å². The first kappa shape index (κ1) is 14.1. The van der Waals surface area contributed by atoms with Gasteiger partial charge in [0.2, 0.25) is 6.79 Å². The van der Waals surface area contributed by atoms with Gasteiger partial charge in [0.1, 0.15) is 11.3 Å². The third-order valence-corrected chi connectivity index (χ3v) is 3.40. The van der Waals surface area contributed by atoms with Crippen molar-refractivity contribution < 1.29 is 23.6 Å². The molecule has 1 N–H and O–H groups in total. The lowest BCUT2D eigenvalue weighted by atomic mass is 10.1. The number of carbonyl (C=O) groups is 2. The first-order chi connectivity index (χ1) is 10.5. The van der Waals surface area contributed by atoms with Gasteiger partial charge >= 0.3 is 0 Å².